The highest BCUT2D eigenvalue weighted by molar-refractivity contribution is 5.76. The Bertz CT molecular complexity index is 504. The minimum absolute atomic E-state index is 0.0161. The van der Waals surface area contributed by atoms with E-state index >= 15 is 0 Å². The molecule has 1 saturated heterocycles. The third kappa shape index (κ3) is 2.87. The SMILES string of the molecule is CN1CCN(CC(N)c2ccccc2C(F)(F)F)C1=O. The summed E-state index contributed by atoms with van der Waals surface area (Å²) >= 11 is 0. The molecule has 1 aliphatic heterocycles. The second-order valence-corrected chi connectivity index (χ2v) is 4.84. The van der Waals surface area contributed by atoms with Gasteiger partial charge in [-0.15, -0.1) is 0 Å². The number of hydrogen-bond acceptors (Lipinski definition) is 2. The number of urea groups is 1. The number of nitrogens with two attached hydrogens (primary N) is 1. The van der Waals surface area contributed by atoms with Crippen LogP contribution in [-0.4, -0.2) is 42.5 Å². The minimum Gasteiger partial charge on any atom is -0.326 e. The Morgan fingerprint density at radius 3 is 2.50 bits per heavy atom. The second kappa shape index (κ2) is 5.32. The average molecular weight is 287 g/mol. The number of alkyl halides is 3. The molecule has 0 bridgehead atoms. The number of amides is 2. The van der Waals surface area contributed by atoms with E-state index in [4.69, 9.17) is 5.73 Å². The number of halogens is 3. The molecule has 1 heterocycles. The zero-order valence-corrected chi connectivity index (χ0v) is 11.0. The Kier molecular flexibility index (Phi) is 3.89. The van der Waals surface area contributed by atoms with Crippen molar-refractivity contribution in [2.75, 3.05) is 26.7 Å². The van der Waals surface area contributed by atoms with Crippen molar-refractivity contribution in [3.05, 3.63) is 35.4 Å². The Labute approximate surface area is 114 Å². The average Bonchev–Trinajstić information content (AvgIpc) is 2.70. The van der Waals surface area contributed by atoms with Crippen LogP contribution in [0.4, 0.5) is 18.0 Å². The number of carbonyl (C=O) groups is 1. The van der Waals surface area contributed by atoms with Crippen LogP contribution in [0.1, 0.15) is 17.2 Å². The number of hydrogen-bond donors (Lipinski definition) is 1. The molecule has 110 valence electrons. The first kappa shape index (κ1) is 14.6. The first-order valence-electron chi connectivity index (χ1n) is 6.22. The molecule has 2 amide bonds. The van der Waals surface area contributed by atoms with Crippen LogP contribution in [0.5, 0.6) is 0 Å². The zero-order valence-electron chi connectivity index (χ0n) is 11.0. The number of rotatable bonds is 3. The molecule has 4 nitrogen and oxygen atoms in total. The summed E-state index contributed by atoms with van der Waals surface area (Å²) in [5.74, 6) is 0. The number of nitrogens with zero attached hydrogens (tertiary/aromatic N) is 2. The Morgan fingerprint density at radius 2 is 1.95 bits per heavy atom. The molecule has 2 rings (SSSR count). The number of carbonyl (C=O) groups excluding carboxylic acids is 1. The van der Waals surface area contributed by atoms with Gasteiger partial charge in [0.1, 0.15) is 0 Å². The van der Waals surface area contributed by atoms with Gasteiger partial charge in [0, 0.05) is 32.7 Å². The molecule has 1 unspecified atom stereocenters. The van der Waals surface area contributed by atoms with E-state index in [9.17, 15) is 18.0 Å². The van der Waals surface area contributed by atoms with E-state index in [1.165, 1.54) is 28.0 Å². The van der Waals surface area contributed by atoms with Gasteiger partial charge in [0.25, 0.3) is 0 Å². The van der Waals surface area contributed by atoms with Gasteiger partial charge in [-0.2, -0.15) is 13.2 Å². The van der Waals surface area contributed by atoms with Crippen molar-refractivity contribution in [1.82, 2.24) is 9.80 Å². The van der Waals surface area contributed by atoms with Gasteiger partial charge >= 0.3 is 12.2 Å². The summed E-state index contributed by atoms with van der Waals surface area (Å²) in [6.45, 7) is 1.12. The molecule has 0 spiro atoms. The highest BCUT2D eigenvalue weighted by Crippen LogP contribution is 2.34. The molecule has 1 aromatic carbocycles. The molecule has 20 heavy (non-hydrogen) atoms. The third-order valence-corrected chi connectivity index (χ3v) is 3.39. The van der Waals surface area contributed by atoms with Crippen molar-refractivity contribution < 1.29 is 18.0 Å². The van der Waals surface area contributed by atoms with Crippen LogP contribution < -0.4 is 5.73 Å². The zero-order chi connectivity index (χ0) is 14.9. The molecule has 1 aromatic rings. The lowest BCUT2D eigenvalue weighted by atomic mass is 10.00. The summed E-state index contributed by atoms with van der Waals surface area (Å²) < 4.78 is 38.8. The predicted octanol–water partition coefficient (Wildman–Crippen LogP) is 2.07. The van der Waals surface area contributed by atoms with Gasteiger partial charge < -0.3 is 15.5 Å². The van der Waals surface area contributed by atoms with Crippen molar-refractivity contribution in [3.63, 3.8) is 0 Å². The van der Waals surface area contributed by atoms with Crippen LogP contribution in [0.15, 0.2) is 24.3 Å². The molecular weight excluding hydrogens is 271 g/mol. The monoisotopic (exact) mass is 287 g/mol. The minimum atomic E-state index is -4.44. The normalized spacial score (nSPS) is 17.8. The Balaban J connectivity index is 2.18. The van der Waals surface area contributed by atoms with Gasteiger partial charge in [0.15, 0.2) is 0 Å². The van der Waals surface area contributed by atoms with Crippen LogP contribution in [0.25, 0.3) is 0 Å². The number of benzene rings is 1. The van der Waals surface area contributed by atoms with E-state index in [2.05, 4.69) is 0 Å². The van der Waals surface area contributed by atoms with Crippen molar-refractivity contribution >= 4 is 6.03 Å². The van der Waals surface area contributed by atoms with Gasteiger partial charge in [0.2, 0.25) is 0 Å². The maximum Gasteiger partial charge on any atom is 0.416 e. The third-order valence-electron chi connectivity index (χ3n) is 3.39. The van der Waals surface area contributed by atoms with Crippen molar-refractivity contribution in [1.29, 1.82) is 0 Å². The van der Waals surface area contributed by atoms with E-state index in [-0.39, 0.29) is 18.1 Å². The summed E-state index contributed by atoms with van der Waals surface area (Å²) in [5, 5.41) is 0. The van der Waals surface area contributed by atoms with E-state index in [0.29, 0.717) is 13.1 Å². The standard InChI is InChI=1S/C13H16F3N3O/c1-18-6-7-19(12(18)20)8-11(17)9-4-2-3-5-10(9)13(14,15)16/h2-5,11H,6-8,17H2,1H3. The predicted molar refractivity (Wildman–Crippen MR) is 68.0 cm³/mol. The summed E-state index contributed by atoms with van der Waals surface area (Å²) in [6.07, 6.45) is -4.44. The highest BCUT2D eigenvalue weighted by Gasteiger charge is 2.35. The molecular formula is C13H16F3N3O. The molecule has 1 atom stereocenters. The number of likely N-dealkylation sites (N-methyl/N-ethyl adjacent to an activating group) is 1. The highest BCUT2D eigenvalue weighted by atomic mass is 19.4. The lowest BCUT2D eigenvalue weighted by molar-refractivity contribution is -0.138. The first-order valence-corrected chi connectivity index (χ1v) is 6.22. The van der Waals surface area contributed by atoms with E-state index in [1.807, 2.05) is 0 Å². The lowest BCUT2D eigenvalue weighted by Crippen LogP contribution is -2.36. The van der Waals surface area contributed by atoms with Crippen LogP contribution in [-0.2, 0) is 6.18 Å². The fraction of sp³-hybridized carbons (Fsp3) is 0.462. The van der Waals surface area contributed by atoms with Crippen LogP contribution in [0.2, 0.25) is 0 Å². The molecule has 1 fully saturated rings. The van der Waals surface area contributed by atoms with Gasteiger partial charge in [0.05, 0.1) is 5.56 Å². The lowest BCUT2D eigenvalue weighted by Gasteiger charge is -2.23. The quantitative estimate of drug-likeness (QED) is 0.925. The molecule has 1 aliphatic rings. The maximum absolute atomic E-state index is 12.9. The largest absolute Gasteiger partial charge is 0.416 e. The maximum atomic E-state index is 12.9. The van der Waals surface area contributed by atoms with Crippen molar-refractivity contribution in [2.24, 2.45) is 5.73 Å². The van der Waals surface area contributed by atoms with E-state index < -0.39 is 17.8 Å². The van der Waals surface area contributed by atoms with Crippen LogP contribution in [0.3, 0.4) is 0 Å². The fourth-order valence-electron chi connectivity index (χ4n) is 2.29. The second-order valence-electron chi connectivity index (χ2n) is 4.84. The molecule has 0 saturated carbocycles. The Hall–Kier alpha value is -1.76. The van der Waals surface area contributed by atoms with Crippen molar-refractivity contribution in [2.45, 2.75) is 12.2 Å². The van der Waals surface area contributed by atoms with Crippen LogP contribution >= 0.6 is 0 Å². The summed E-state index contributed by atoms with van der Waals surface area (Å²) in [4.78, 5) is 14.7. The first-order chi connectivity index (χ1) is 9.30. The fourth-order valence-corrected chi connectivity index (χ4v) is 2.29. The summed E-state index contributed by atoms with van der Waals surface area (Å²) in [7, 11) is 1.65. The summed E-state index contributed by atoms with van der Waals surface area (Å²) in [5.41, 5.74) is 5.14. The summed E-state index contributed by atoms with van der Waals surface area (Å²) in [6, 6.07) is 4.15. The van der Waals surface area contributed by atoms with Gasteiger partial charge in [-0.05, 0) is 11.6 Å². The topological polar surface area (TPSA) is 49.6 Å². The molecule has 2 N–H and O–H groups in total. The van der Waals surface area contributed by atoms with Crippen molar-refractivity contribution in [3.8, 4) is 0 Å². The van der Waals surface area contributed by atoms with E-state index in [1.54, 1.807) is 7.05 Å². The molecule has 7 heteroatoms. The van der Waals surface area contributed by atoms with Crippen LogP contribution in [0, 0.1) is 0 Å². The smallest absolute Gasteiger partial charge is 0.326 e. The Morgan fingerprint density at radius 1 is 1.30 bits per heavy atom. The van der Waals surface area contributed by atoms with E-state index in [0.717, 1.165) is 6.07 Å². The van der Waals surface area contributed by atoms with Gasteiger partial charge in [-0.1, -0.05) is 18.2 Å². The van der Waals surface area contributed by atoms with Gasteiger partial charge in [-0.3, -0.25) is 0 Å². The molecule has 0 aromatic heterocycles. The van der Waals surface area contributed by atoms with Gasteiger partial charge in [-0.25, -0.2) is 4.79 Å². The molecule has 0 radical (unpaired) electrons. The molecule has 0 aliphatic carbocycles.